The van der Waals surface area contributed by atoms with Crippen LogP contribution in [-0.2, 0) is 32.6 Å². The number of rotatable bonds is 4. The highest BCUT2D eigenvalue weighted by Gasteiger charge is 2.33. The Morgan fingerprint density at radius 3 is 2.57 bits per heavy atom. The molecule has 0 aliphatic carbocycles. The molecule has 3 aromatic rings. The van der Waals surface area contributed by atoms with Gasteiger partial charge in [-0.2, -0.15) is 5.10 Å². The molecule has 7 heteroatoms. The van der Waals surface area contributed by atoms with Gasteiger partial charge in [-0.15, -0.1) is 0 Å². The SMILES string of the molecule is Cc1cccc(-n2nc3c(c2NC(=O)Cc2ccccc2)CS(=O)(=O)C3)c1C. The highest BCUT2D eigenvalue weighted by molar-refractivity contribution is 7.90. The maximum atomic E-state index is 12.7. The third-order valence-corrected chi connectivity index (χ3v) is 6.50. The normalized spacial score (nSPS) is 14.6. The smallest absolute Gasteiger partial charge is 0.229 e. The van der Waals surface area contributed by atoms with Crippen LogP contribution in [0.1, 0.15) is 27.9 Å². The molecule has 28 heavy (non-hydrogen) atoms. The van der Waals surface area contributed by atoms with E-state index in [2.05, 4.69) is 10.4 Å². The van der Waals surface area contributed by atoms with Crippen LogP contribution in [0.5, 0.6) is 0 Å². The van der Waals surface area contributed by atoms with E-state index in [1.807, 2.05) is 62.4 Å². The standard InChI is InChI=1S/C21H21N3O3S/c1-14-7-6-10-19(15(14)2)24-21(17-12-28(26,27)13-18(17)23-24)22-20(25)11-16-8-4-3-5-9-16/h3-10H,11-13H2,1-2H3,(H,22,25). The first-order valence-corrected chi connectivity index (χ1v) is 10.9. The van der Waals surface area contributed by atoms with Crippen LogP contribution < -0.4 is 5.32 Å². The maximum Gasteiger partial charge on any atom is 0.229 e. The summed E-state index contributed by atoms with van der Waals surface area (Å²) in [5, 5.41) is 7.46. The van der Waals surface area contributed by atoms with E-state index in [1.54, 1.807) is 4.68 Å². The second kappa shape index (κ2) is 6.91. The summed E-state index contributed by atoms with van der Waals surface area (Å²) in [7, 11) is -3.22. The van der Waals surface area contributed by atoms with Crippen LogP contribution in [0.3, 0.4) is 0 Å². The number of nitrogens with one attached hydrogen (secondary N) is 1. The van der Waals surface area contributed by atoms with E-state index in [0.29, 0.717) is 17.1 Å². The van der Waals surface area contributed by atoms with Gasteiger partial charge in [0.05, 0.1) is 29.3 Å². The van der Waals surface area contributed by atoms with E-state index in [-0.39, 0.29) is 23.8 Å². The molecule has 0 fully saturated rings. The minimum Gasteiger partial charge on any atom is -0.310 e. The Morgan fingerprint density at radius 1 is 1.07 bits per heavy atom. The third-order valence-electron chi connectivity index (χ3n) is 5.06. The third kappa shape index (κ3) is 3.45. The molecule has 1 aromatic heterocycles. The molecule has 2 heterocycles. The molecule has 1 amide bonds. The summed E-state index contributed by atoms with van der Waals surface area (Å²) in [4.78, 5) is 12.7. The van der Waals surface area contributed by atoms with Crippen molar-refractivity contribution in [1.82, 2.24) is 9.78 Å². The Hall–Kier alpha value is -2.93. The molecule has 0 saturated heterocycles. The quantitative estimate of drug-likeness (QED) is 0.736. The van der Waals surface area contributed by atoms with Crippen LogP contribution in [0.25, 0.3) is 5.69 Å². The van der Waals surface area contributed by atoms with Gasteiger partial charge >= 0.3 is 0 Å². The number of carbonyl (C=O) groups excluding carboxylic acids is 1. The van der Waals surface area contributed by atoms with Gasteiger partial charge in [-0.05, 0) is 36.6 Å². The molecule has 0 saturated carbocycles. The molecule has 6 nitrogen and oxygen atoms in total. The average Bonchev–Trinajstić information content (AvgIpc) is 3.11. The molecule has 0 bridgehead atoms. The number of benzene rings is 2. The Labute approximate surface area is 164 Å². The van der Waals surface area contributed by atoms with Gasteiger partial charge in [-0.3, -0.25) is 4.79 Å². The van der Waals surface area contributed by atoms with Crippen molar-refractivity contribution in [2.45, 2.75) is 31.8 Å². The first-order chi connectivity index (χ1) is 13.3. The van der Waals surface area contributed by atoms with Gasteiger partial charge in [-0.1, -0.05) is 42.5 Å². The van der Waals surface area contributed by atoms with Crippen LogP contribution in [0.2, 0.25) is 0 Å². The molecule has 2 aromatic carbocycles. The predicted octanol–water partition coefficient (Wildman–Crippen LogP) is 3.10. The lowest BCUT2D eigenvalue weighted by atomic mass is 10.1. The first-order valence-electron chi connectivity index (χ1n) is 9.05. The number of aromatic nitrogens is 2. The van der Waals surface area contributed by atoms with Crippen LogP contribution in [0.4, 0.5) is 5.82 Å². The largest absolute Gasteiger partial charge is 0.310 e. The highest BCUT2D eigenvalue weighted by Crippen LogP contribution is 2.34. The molecule has 0 atom stereocenters. The van der Waals surface area contributed by atoms with Gasteiger partial charge in [0.2, 0.25) is 5.91 Å². The van der Waals surface area contributed by atoms with Crippen molar-refractivity contribution in [2.75, 3.05) is 5.32 Å². The summed E-state index contributed by atoms with van der Waals surface area (Å²) < 4.78 is 25.8. The van der Waals surface area contributed by atoms with E-state index in [1.165, 1.54) is 0 Å². The maximum absolute atomic E-state index is 12.7. The van der Waals surface area contributed by atoms with E-state index in [0.717, 1.165) is 22.4 Å². The van der Waals surface area contributed by atoms with Crippen LogP contribution >= 0.6 is 0 Å². The topological polar surface area (TPSA) is 81.1 Å². The lowest BCUT2D eigenvalue weighted by molar-refractivity contribution is -0.115. The van der Waals surface area contributed by atoms with Gasteiger partial charge in [0.15, 0.2) is 9.84 Å². The summed E-state index contributed by atoms with van der Waals surface area (Å²) >= 11 is 0. The molecule has 0 spiro atoms. The number of carbonyl (C=O) groups is 1. The average molecular weight is 395 g/mol. The Balaban J connectivity index is 1.74. The van der Waals surface area contributed by atoms with Crippen molar-refractivity contribution in [3.8, 4) is 5.69 Å². The van der Waals surface area contributed by atoms with Gasteiger partial charge in [0.25, 0.3) is 0 Å². The lowest BCUT2D eigenvalue weighted by Crippen LogP contribution is -2.19. The fraction of sp³-hybridized carbons (Fsp3) is 0.238. The van der Waals surface area contributed by atoms with Crippen LogP contribution in [0, 0.1) is 13.8 Å². The van der Waals surface area contributed by atoms with Crippen molar-refractivity contribution < 1.29 is 13.2 Å². The molecule has 4 rings (SSSR count). The van der Waals surface area contributed by atoms with Crippen LogP contribution in [-0.4, -0.2) is 24.1 Å². The Morgan fingerprint density at radius 2 is 1.82 bits per heavy atom. The zero-order chi connectivity index (χ0) is 19.9. The molecule has 1 N–H and O–H groups in total. The number of anilines is 1. The first kappa shape index (κ1) is 18.4. The van der Waals surface area contributed by atoms with E-state index in [9.17, 15) is 13.2 Å². The number of fused-ring (bicyclic) bond motifs is 1. The van der Waals surface area contributed by atoms with Crippen molar-refractivity contribution in [3.63, 3.8) is 0 Å². The Bertz CT molecular complexity index is 1170. The fourth-order valence-electron chi connectivity index (χ4n) is 3.47. The number of sulfone groups is 1. The number of nitrogens with zero attached hydrogens (tertiary/aromatic N) is 2. The summed E-state index contributed by atoms with van der Waals surface area (Å²) in [6.45, 7) is 4.00. The summed E-state index contributed by atoms with van der Waals surface area (Å²) in [6, 6.07) is 15.3. The lowest BCUT2D eigenvalue weighted by Gasteiger charge is -2.14. The summed E-state index contributed by atoms with van der Waals surface area (Å²) in [6.07, 6.45) is 0.209. The monoisotopic (exact) mass is 395 g/mol. The number of aryl methyl sites for hydroxylation is 1. The second-order valence-electron chi connectivity index (χ2n) is 7.15. The van der Waals surface area contributed by atoms with Crippen molar-refractivity contribution in [1.29, 1.82) is 0 Å². The molecule has 1 aliphatic rings. The van der Waals surface area contributed by atoms with Crippen molar-refractivity contribution >= 4 is 21.6 Å². The minimum atomic E-state index is -3.22. The molecular weight excluding hydrogens is 374 g/mol. The highest BCUT2D eigenvalue weighted by atomic mass is 32.2. The minimum absolute atomic E-state index is 0.0955. The molecule has 144 valence electrons. The summed E-state index contributed by atoms with van der Waals surface area (Å²) in [5.41, 5.74) is 4.95. The van der Waals surface area contributed by atoms with E-state index < -0.39 is 9.84 Å². The van der Waals surface area contributed by atoms with Crippen molar-refractivity contribution in [3.05, 3.63) is 76.5 Å². The van der Waals surface area contributed by atoms with Crippen molar-refractivity contribution in [2.24, 2.45) is 0 Å². The van der Waals surface area contributed by atoms with Gasteiger partial charge in [0.1, 0.15) is 5.82 Å². The molecule has 0 unspecified atom stereocenters. The predicted molar refractivity (Wildman–Crippen MR) is 108 cm³/mol. The number of hydrogen-bond acceptors (Lipinski definition) is 4. The van der Waals surface area contributed by atoms with Gasteiger partial charge < -0.3 is 5.32 Å². The van der Waals surface area contributed by atoms with E-state index in [4.69, 9.17) is 0 Å². The van der Waals surface area contributed by atoms with Gasteiger partial charge in [0, 0.05) is 5.56 Å². The molecular formula is C21H21N3O3S. The zero-order valence-electron chi connectivity index (χ0n) is 15.8. The molecule has 1 aliphatic heterocycles. The molecule has 0 radical (unpaired) electrons. The fourth-order valence-corrected chi connectivity index (χ4v) is 4.96. The van der Waals surface area contributed by atoms with Crippen LogP contribution in [0.15, 0.2) is 48.5 Å². The Kier molecular flexibility index (Phi) is 4.55. The second-order valence-corrected chi connectivity index (χ2v) is 9.21. The number of hydrogen-bond donors (Lipinski definition) is 1. The van der Waals surface area contributed by atoms with E-state index >= 15 is 0 Å². The van der Waals surface area contributed by atoms with Gasteiger partial charge in [-0.25, -0.2) is 13.1 Å². The zero-order valence-corrected chi connectivity index (χ0v) is 16.6. The number of amides is 1. The summed E-state index contributed by atoms with van der Waals surface area (Å²) in [5.74, 6) is 0.0473.